The Bertz CT molecular complexity index is 1310. The van der Waals surface area contributed by atoms with E-state index in [-0.39, 0.29) is 31.5 Å². The molecule has 1 aliphatic rings. The third-order valence-corrected chi connectivity index (χ3v) is 6.97. The van der Waals surface area contributed by atoms with Crippen LogP contribution >= 0.6 is 0 Å². The van der Waals surface area contributed by atoms with E-state index in [0.29, 0.717) is 18.7 Å². The summed E-state index contributed by atoms with van der Waals surface area (Å²) in [6.07, 6.45) is -0.631. The molecular weight excluding hydrogens is 515 g/mol. The highest BCUT2D eigenvalue weighted by molar-refractivity contribution is 5.86. The molecule has 39 heavy (non-hydrogen) atoms. The van der Waals surface area contributed by atoms with Crippen LogP contribution in [-0.2, 0) is 27.3 Å². The maximum Gasteiger partial charge on any atom is 0.487 e. The third-order valence-electron chi connectivity index (χ3n) is 6.97. The molecule has 2 N–H and O–H groups in total. The number of nitrogens with one attached hydrogen (secondary N) is 1. The molecule has 0 bridgehead atoms. The Hall–Kier alpha value is -3.93. The zero-order chi connectivity index (χ0) is 28.2. The van der Waals surface area contributed by atoms with Crippen molar-refractivity contribution in [3.63, 3.8) is 0 Å². The molecule has 2 atom stereocenters. The van der Waals surface area contributed by atoms with Crippen LogP contribution in [0.1, 0.15) is 31.0 Å². The van der Waals surface area contributed by atoms with E-state index in [1.54, 1.807) is 16.0 Å². The second-order valence-electron chi connectivity index (χ2n) is 9.67. The minimum absolute atomic E-state index is 0.0836. The fraction of sp³-hybridized carbons (Fsp3) is 0.407. The number of carboxylic acids is 1. The second-order valence-corrected chi connectivity index (χ2v) is 9.67. The topological polar surface area (TPSA) is 110 Å². The van der Waals surface area contributed by atoms with Gasteiger partial charge in [0.1, 0.15) is 6.04 Å². The van der Waals surface area contributed by atoms with Crippen LogP contribution in [0.5, 0.6) is 0 Å². The largest absolute Gasteiger partial charge is 0.487 e. The Morgan fingerprint density at radius 3 is 2.62 bits per heavy atom. The number of nitrogens with zero attached hydrogens (tertiary/aromatic N) is 4. The van der Waals surface area contributed by atoms with Crippen LogP contribution in [0.3, 0.4) is 0 Å². The number of carboxylic acid groups (broad SMARTS) is 1. The Balaban J connectivity index is 1.60. The Labute approximate surface area is 223 Å². The van der Waals surface area contributed by atoms with Crippen LogP contribution in [-0.4, -0.2) is 85.6 Å². The molecule has 1 aromatic heterocycles. The van der Waals surface area contributed by atoms with Crippen molar-refractivity contribution in [2.75, 3.05) is 19.6 Å². The highest BCUT2D eigenvalue weighted by Gasteiger charge is 2.46. The van der Waals surface area contributed by atoms with E-state index in [1.807, 2.05) is 42.5 Å². The van der Waals surface area contributed by atoms with Crippen LogP contribution in [0.2, 0.25) is 0 Å². The summed E-state index contributed by atoms with van der Waals surface area (Å²) in [6.45, 7) is 0.939. The van der Waals surface area contributed by atoms with Gasteiger partial charge in [-0.1, -0.05) is 42.5 Å². The summed E-state index contributed by atoms with van der Waals surface area (Å²) in [4.78, 5) is 47.0. The van der Waals surface area contributed by atoms with Gasteiger partial charge in [0.25, 0.3) is 0 Å². The van der Waals surface area contributed by atoms with Crippen molar-refractivity contribution >= 4 is 28.6 Å². The Morgan fingerprint density at radius 2 is 1.92 bits per heavy atom. The van der Waals surface area contributed by atoms with Gasteiger partial charge in [0.2, 0.25) is 11.8 Å². The first kappa shape index (κ1) is 28.1. The number of benzene rings is 2. The molecule has 208 valence electrons. The van der Waals surface area contributed by atoms with Crippen molar-refractivity contribution in [1.82, 2.24) is 24.7 Å². The number of aromatic nitrogens is 2. The predicted molar refractivity (Wildman–Crippen MR) is 136 cm³/mol. The van der Waals surface area contributed by atoms with Gasteiger partial charge in [-0.3, -0.25) is 14.5 Å². The minimum Gasteiger partial charge on any atom is -0.480 e. The predicted octanol–water partition coefficient (Wildman–Crippen LogP) is 3.42. The van der Waals surface area contributed by atoms with E-state index in [2.05, 4.69) is 9.97 Å². The summed E-state index contributed by atoms with van der Waals surface area (Å²) in [5, 5.41) is 11.1. The van der Waals surface area contributed by atoms with Crippen molar-refractivity contribution in [1.29, 1.82) is 0 Å². The van der Waals surface area contributed by atoms with Crippen molar-refractivity contribution in [2.24, 2.45) is 0 Å². The van der Waals surface area contributed by atoms with Gasteiger partial charge in [-0.05, 0) is 36.1 Å². The van der Waals surface area contributed by atoms with Crippen LogP contribution in [0, 0.1) is 0 Å². The van der Waals surface area contributed by atoms with Gasteiger partial charge in [0, 0.05) is 31.9 Å². The zero-order valence-corrected chi connectivity index (χ0v) is 21.4. The maximum absolute atomic E-state index is 13.8. The summed E-state index contributed by atoms with van der Waals surface area (Å²) in [5.74, 6) is -3.28. The van der Waals surface area contributed by atoms with Crippen molar-refractivity contribution in [3.8, 4) is 0 Å². The molecule has 1 saturated heterocycles. The van der Waals surface area contributed by atoms with Crippen molar-refractivity contribution < 1.29 is 32.7 Å². The lowest BCUT2D eigenvalue weighted by atomic mass is 10.0. The van der Waals surface area contributed by atoms with E-state index in [9.17, 15) is 32.7 Å². The van der Waals surface area contributed by atoms with Gasteiger partial charge in [0.15, 0.2) is 0 Å². The summed E-state index contributed by atoms with van der Waals surface area (Å²) in [7, 11) is 0. The number of imidazole rings is 1. The molecule has 0 spiro atoms. The summed E-state index contributed by atoms with van der Waals surface area (Å²) in [5.41, 5.74) is 1.38. The maximum atomic E-state index is 13.8. The van der Waals surface area contributed by atoms with Gasteiger partial charge in [0.05, 0.1) is 25.0 Å². The zero-order valence-electron chi connectivity index (χ0n) is 21.4. The molecule has 0 saturated carbocycles. The number of aromatic amines is 1. The molecule has 12 heteroatoms. The Morgan fingerprint density at radius 1 is 1.18 bits per heavy atom. The molecule has 4 rings (SSSR count). The highest BCUT2D eigenvalue weighted by Crippen LogP contribution is 2.27. The molecule has 3 aromatic rings. The van der Waals surface area contributed by atoms with Gasteiger partial charge in [-0.2, -0.15) is 0 Å². The fourth-order valence-corrected chi connectivity index (χ4v) is 5.11. The summed E-state index contributed by atoms with van der Waals surface area (Å²) < 4.78 is 41.3. The smallest absolute Gasteiger partial charge is 0.480 e. The quantitative estimate of drug-likeness (QED) is 0.378. The fourth-order valence-electron chi connectivity index (χ4n) is 5.11. The van der Waals surface area contributed by atoms with Crippen LogP contribution in [0.15, 0.2) is 55.0 Å². The first-order valence-corrected chi connectivity index (χ1v) is 12.6. The Kier molecular flexibility index (Phi) is 8.54. The third kappa shape index (κ3) is 6.75. The number of amides is 2. The molecular formula is C27H30F3N5O4. The van der Waals surface area contributed by atoms with E-state index in [4.69, 9.17) is 0 Å². The molecule has 9 nitrogen and oxygen atoms in total. The number of rotatable bonds is 10. The lowest BCUT2D eigenvalue weighted by molar-refractivity contribution is -0.251. The molecule has 2 heterocycles. The average molecular weight is 546 g/mol. The average Bonchev–Trinajstić information content (AvgIpc) is 3.55. The van der Waals surface area contributed by atoms with Crippen LogP contribution in [0.25, 0.3) is 10.8 Å². The normalized spacial score (nSPS) is 16.5. The number of alkyl halides is 3. The molecule has 0 unspecified atom stereocenters. The first-order valence-electron chi connectivity index (χ1n) is 12.6. The number of carbonyl (C=O) groups is 3. The monoisotopic (exact) mass is 545 g/mol. The standard InChI is InChI=1S/C27H30F3N5O4/c1-18(26(38)39)35(27(28,29)30)25(37)16-33(14-20-8-4-7-19-6-2-3-10-23(19)20)15-22-9-5-11-34(22)24(36)12-21-13-31-17-32-21/h2-4,6-8,10,13,17-18,22H,5,9,11-12,14-16H2,1H3,(H,31,32)(H,38,39)/t18-,22-/m0/s1. The number of hydrogen-bond acceptors (Lipinski definition) is 5. The number of fused-ring (bicyclic) bond motifs is 1. The molecule has 2 amide bonds. The first-order chi connectivity index (χ1) is 18.5. The highest BCUT2D eigenvalue weighted by atomic mass is 19.4. The number of hydrogen-bond donors (Lipinski definition) is 2. The molecule has 0 radical (unpaired) electrons. The van der Waals surface area contributed by atoms with E-state index < -0.39 is 35.7 Å². The van der Waals surface area contributed by atoms with Crippen molar-refractivity contribution in [2.45, 2.75) is 51.1 Å². The number of H-pyrrole nitrogens is 1. The molecule has 1 fully saturated rings. The molecule has 0 aliphatic carbocycles. The van der Waals surface area contributed by atoms with Crippen LogP contribution < -0.4 is 0 Å². The van der Waals surface area contributed by atoms with E-state index in [0.717, 1.165) is 29.7 Å². The summed E-state index contributed by atoms with van der Waals surface area (Å²) in [6, 6.07) is 10.7. The van der Waals surface area contributed by atoms with E-state index in [1.165, 1.54) is 6.33 Å². The lowest BCUT2D eigenvalue weighted by Crippen LogP contribution is -2.55. The number of aliphatic carboxylic acids is 1. The van der Waals surface area contributed by atoms with Gasteiger partial charge < -0.3 is 15.0 Å². The van der Waals surface area contributed by atoms with Gasteiger partial charge in [-0.25, -0.2) is 14.7 Å². The number of halogens is 3. The molecule has 2 aromatic carbocycles. The summed E-state index contributed by atoms with van der Waals surface area (Å²) >= 11 is 0. The lowest BCUT2D eigenvalue weighted by Gasteiger charge is -2.34. The second kappa shape index (κ2) is 11.9. The van der Waals surface area contributed by atoms with Gasteiger partial charge in [-0.15, -0.1) is 13.2 Å². The minimum atomic E-state index is -5.17. The number of likely N-dealkylation sites (tertiary alicyclic amines) is 1. The number of carbonyl (C=O) groups excluding carboxylic acids is 2. The SMILES string of the molecule is C[C@@H](C(=O)O)N(C(=O)CN(Cc1cccc2ccccc12)C[C@@H]1CCCN1C(=O)Cc1c[nH]cn1)C(F)(F)F. The molecule has 1 aliphatic heterocycles. The van der Waals surface area contributed by atoms with Crippen LogP contribution in [0.4, 0.5) is 13.2 Å². The van der Waals surface area contributed by atoms with Gasteiger partial charge >= 0.3 is 12.3 Å². The van der Waals surface area contributed by atoms with Crippen molar-refractivity contribution in [3.05, 3.63) is 66.2 Å². The van der Waals surface area contributed by atoms with E-state index >= 15 is 0 Å².